The molecule has 1 aliphatic rings. The third-order valence-electron chi connectivity index (χ3n) is 2.79. The maximum absolute atomic E-state index is 11.8. The predicted molar refractivity (Wildman–Crippen MR) is 66.8 cm³/mol. The van der Waals surface area contributed by atoms with Crippen molar-refractivity contribution in [2.45, 2.75) is 19.4 Å². The van der Waals surface area contributed by atoms with Crippen molar-refractivity contribution >= 4 is 17.4 Å². The molecule has 1 unspecified atom stereocenters. The van der Waals surface area contributed by atoms with E-state index >= 15 is 0 Å². The van der Waals surface area contributed by atoms with Crippen molar-refractivity contribution in [2.24, 2.45) is 5.10 Å². The molecule has 0 bridgehead atoms. The molecule has 2 heterocycles. The summed E-state index contributed by atoms with van der Waals surface area (Å²) in [7, 11) is 3.15. The third kappa shape index (κ3) is 2.33. The first-order valence-electron chi connectivity index (χ1n) is 5.59. The Kier molecular flexibility index (Phi) is 3.57. The van der Waals surface area contributed by atoms with Gasteiger partial charge in [0.2, 0.25) is 0 Å². The van der Waals surface area contributed by atoms with E-state index in [9.17, 15) is 4.79 Å². The number of carbonyl (C=O) groups is 1. The molecule has 96 valence electrons. The summed E-state index contributed by atoms with van der Waals surface area (Å²) >= 11 is 0. The zero-order valence-corrected chi connectivity index (χ0v) is 10.6. The Hall–Kier alpha value is -1.95. The van der Waals surface area contributed by atoms with Crippen molar-refractivity contribution in [3.63, 3.8) is 0 Å². The van der Waals surface area contributed by atoms with Crippen molar-refractivity contribution in [1.82, 2.24) is 4.98 Å². The van der Waals surface area contributed by atoms with E-state index in [-0.39, 0.29) is 18.4 Å². The van der Waals surface area contributed by atoms with Crippen molar-refractivity contribution in [3.8, 4) is 5.75 Å². The van der Waals surface area contributed by atoms with Gasteiger partial charge in [0, 0.05) is 7.11 Å². The fraction of sp³-hybridized carbons (Fsp3) is 0.417. The number of hydrazone groups is 1. The molecule has 0 N–H and O–H groups in total. The largest absolute Gasteiger partial charge is 0.495 e. The molecule has 1 aliphatic heterocycles. The van der Waals surface area contributed by atoms with E-state index in [0.717, 1.165) is 0 Å². The van der Waals surface area contributed by atoms with Gasteiger partial charge in [-0.2, -0.15) is 10.1 Å². The summed E-state index contributed by atoms with van der Waals surface area (Å²) in [6.07, 6.45) is 1.65. The summed E-state index contributed by atoms with van der Waals surface area (Å²) in [5.41, 5.74) is 0.708. The number of hydrogen-bond acceptors (Lipinski definition) is 5. The Labute approximate surface area is 105 Å². The first-order chi connectivity index (χ1) is 8.65. The zero-order valence-electron chi connectivity index (χ0n) is 10.6. The molecular weight excluding hydrogens is 234 g/mol. The van der Waals surface area contributed by atoms with Crippen LogP contribution in [0.25, 0.3) is 0 Å². The lowest BCUT2D eigenvalue weighted by Crippen LogP contribution is -2.20. The standard InChI is InChI=1S/C12H15N3O3/c1-8(17-2)10-6-12(16)15(14-10)11-5-4-9(18-3)7-13-11/h4-5,7-8H,6H2,1-3H3. The fourth-order valence-electron chi connectivity index (χ4n) is 1.61. The minimum Gasteiger partial charge on any atom is -0.495 e. The quantitative estimate of drug-likeness (QED) is 0.804. The average molecular weight is 249 g/mol. The number of aromatic nitrogens is 1. The van der Waals surface area contributed by atoms with E-state index in [1.165, 1.54) is 5.01 Å². The number of rotatable bonds is 4. The number of carbonyl (C=O) groups excluding carboxylic acids is 1. The van der Waals surface area contributed by atoms with E-state index in [1.54, 1.807) is 32.5 Å². The molecule has 0 spiro atoms. The van der Waals surface area contributed by atoms with Crippen LogP contribution < -0.4 is 9.75 Å². The van der Waals surface area contributed by atoms with Crippen LogP contribution in [0.5, 0.6) is 5.75 Å². The van der Waals surface area contributed by atoms with Gasteiger partial charge in [0.15, 0.2) is 5.82 Å². The Morgan fingerprint density at radius 2 is 2.17 bits per heavy atom. The monoisotopic (exact) mass is 249 g/mol. The molecule has 1 aromatic heterocycles. The molecule has 0 saturated carbocycles. The number of anilines is 1. The molecule has 0 fully saturated rings. The highest BCUT2D eigenvalue weighted by molar-refractivity contribution is 6.14. The SMILES string of the molecule is COc1ccc(N2N=C(C(C)OC)CC2=O)nc1. The van der Waals surface area contributed by atoms with E-state index < -0.39 is 0 Å². The van der Waals surface area contributed by atoms with Gasteiger partial charge in [-0.3, -0.25) is 4.79 Å². The summed E-state index contributed by atoms with van der Waals surface area (Å²) < 4.78 is 10.2. The number of nitrogens with zero attached hydrogens (tertiary/aromatic N) is 3. The van der Waals surface area contributed by atoms with Crippen LogP contribution in [-0.2, 0) is 9.53 Å². The van der Waals surface area contributed by atoms with Gasteiger partial charge in [0.1, 0.15) is 5.75 Å². The van der Waals surface area contributed by atoms with Crippen molar-refractivity contribution in [2.75, 3.05) is 19.2 Å². The molecule has 2 rings (SSSR count). The maximum atomic E-state index is 11.8. The number of pyridine rings is 1. The van der Waals surface area contributed by atoms with E-state index in [1.807, 2.05) is 6.92 Å². The van der Waals surface area contributed by atoms with Gasteiger partial charge >= 0.3 is 0 Å². The Morgan fingerprint density at radius 1 is 1.39 bits per heavy atom. The smallest absolute Gasteiger partial charge is 0.254 e. The Bertz CT molecular complexity index is 470. The normalized spacial score (nSPS) is 16.7. The van der Waals surface area contributed by atoms with Crippen molar-refractivity contribution in [3.05, 3.63) is 18.3 Å². The van der Waals surface area contributed by atoms with E-state index in [0.29, 0.717) is 17.3 Å². The highest BCUT2D eigenvalue weighted by Crippen LogP contribution is 2.21. The molecule has 1 atom stereocenters. The van der Waals surface area contributed by atoms with Gasteiger partial charge < -0.3 is 9.47 Å². The zero-order chi connectivity index (χ0) is 13.1. The number of amides is 1. The second-order valence-corrected chi connectivity index (χ2v) is 3.91. The van der Waals surface area contributed by atoms with Crippen LogP contribution in [-0.4, -0.2) is 36.9 Å². The van der Waals surface area contributed by atoms with Gasteiger partial charge in [-0.25, -0.2) is 4.98 Å². The molecule has 0 saturated heterocycles. The van der Waals surface area contributed by atoms with Crippen LogP contribution in [0, 0.1) is 0 Å². The molecule has 18 heavy (non-hydrogen) atoms. The van der Waals surface area contributed by atoms with Crippen LogP contribution in [0.4, 0.5) is 5.82 Å². The number of methoxy groups -OCH3 is 2. The second-order valence-electron chi connectivity index (χ2n) is 3.91. The number of hydrogen-bond donors (Lipinski definition) is 0. The second kappa shape index (κ2) is 5.14. The molecule has 6 nitrogen and oxygen atoms in total. The molecule has 1 aromatic rings. The molecule has 0 aliphatic carbocycles. The van der Waals surface area contributed by atoms with E-state index in [4.69, 9.17) is 9.47 Å². The van der Waals surface area contributed by atoms with Gasteiger partial charge in [-0.15, -0.1) is 0 Å². The summed E-state index contributed by atoms with van der Waals surface area (Å²) in [4.78, 5) is 16.0. The van der Waals surface area contributed by atoms with Gasteiger partial charge in [-0.1, -0.05) is 0 Å². The minimum absolute atomic E-state index is 0.105. The highest BCUT2D eigenvalue weighted by atomic mass is 16.5. The van der Waals surface area contributed by atoms with Gasteiger partial charge in [-0.05, 0) is 19.1 Å². The lowest BCUT2D eigenvalue weighted by atomic mass is 10.2. The third-order valence-corrected chi connectivity index (χ3v) is 2.79. The topological polar surface area (TPSA) is 64.0 Å². The van der Waals surface area contributed by atoms with Crippen LogP contribution >= 0.6 is 0 Å². The lowest BCUT2D eigenvalue weighted by molar-refractivity contribution is -0.117. The van der Waals surface area contributed by atoms with Crippen LogP contribution in [0.1, 0.15) is 13.3 Å². The van der Waals surface area contributed by atoms with Gasteiger partial charge in [0.05, 0.1) is 31.5 Å². The molecular formula is C12H15N3O3. The Balaban J connectivity index is 2.21. The van der Waals surface area contributed by atoms with E-state index in [2.05, 4.69) is 10.1 Å². The number of ether oxygens (including phenoxy) is 2. The summed E-state index contributed by atoms with van der Waals surface area (Å²) in [6.45, 7) is 1.86. The van der Waals surface area contributed by atoms with Crippen molar-refractivity contribution < 1.29 is 14.3 Å². The van der Waals surface area contributed by atoms with Crippen LogP contribution in [0.3, 0.4) is 0 Å². The van der Waals surface area contributed by atoms with Crippen molar-refractivity contribution in [1.29, 1.82) is 0 Å². The predicted octanol–water partition coefficient (Wildman–Crippen LogP) is 1.22. The summed E-state index contributed by atoms with van der Waals surface area (Å²) in [6, 6.07) is 3.43. The summed E-state index contributed by atoms with van der Waals surface area (Å²) in [5, 5.41) is 5.53. The highest BCUT2D eigenvalue weighted by Gasteiger charge is 2.28. The minimum atomic E-state index is -0.169. The molecule has 0 radical (unpaired) electrons. The fourth-order valence-corrected chi connectivity index (χ4v) is 1.61. The van der Waals surface area contributed by atoms with Crippen LogP contribution in [0.15, 0.2) is 23.4 Å². The average Bonchev–Trinajstić information content (AvgIpc) is 2.80. The van der Waals surface area contributed by atoms with Crippen LogP contribution in [0.2, 0.25) is 0 Å². The molecule has 6 heteroatoms. The molecule has 1 amide bonds. The first kappa shape index (κ1) is 12.5. The first-order valence-corrected chi connectivity index (χ1v) is 5.59. The maximum Gasteiger partial charge on any atom is 0.254 e. The van der Waals surface area contributed by atoms with Gasteiger partial charge in [0.25, 0.3) is 5.91 Å². The Morgan fingerprint density at radius 3 is 2.72 bits per heavy atom. The lowest BCUT2D eigenvalue weighted by Gasteiger charge is -2.10. The summed E-state index contributed by atoms with van der Waals surface area (Å²) in [5.74, 6) is 1.02. The molecule has 0 aromatic carbocycles.